The van der Waals surface area contributed by atoms with Crippen molar-refractivity contribution in [2.45, 2.75) is 26.2 Å². The minimum Gasteiger partial charge on any atom is -0.507 e. The van der Waals surface area contributed by atoms with Gasteiger partial charge in [-0.3, -0.25) is 4.79 Å². The van der Waals surface area contributed by atoms with Crippen molar-refractivity contribution in [1.29, 1.82) is 0 Å². The number of carbonyl (C=O) groups excluding carboxylic acids is 2. The summed E-state index contributed by atoms with van der Waals surface area (Å²) in [4.78, 5) is 22.4. The number of nitrogens with one attached hydrogen (secondary N) is 1. The van der Waals surface area contributed by atoms with Crippen molar-refractivity contribution >= 4 is 23.3 Å². The van der Waals surface area contributed by atoms with Gasteiger partial charge in [0.15, 0.2) is 0 Å². The third-order valence-electron chi connectivity index (χ3n) is 2.45. The molecule has 98 valence electrons. The van der Waals surface area contributed by atoms with Gasteiger partial charge < -0.3 is 15.2 Å². The average molecular weight is 270 g/mol. The van der Waals surface area contributed by atoms with Crippen LogP contribution in [-0.2, 0) is 4.79 Å². The van der Waals surface area contributed by atoms with Crippen molar-refractivity contribution in [2.24, 2.45) is 0 Å². The van der Waals surface area contributed by atoms with E-state index in [9.17, 15) is 14.7 Å². The molecule has 0 saturated heterocycles. The van der Waals surface area contributed by atoms with E-state index in [1.54, 1.807) is 13.0 Å². The van der Waals surface area contributed by atoms with Gasteiger partial charge in [0, 0.05) is 18.0 Å². The van der Waals surface area contributed by atoms with E-state index in [0.29, 0.717) is 18.0 Å². The van der Waals surface area contributed by atoms with Gasteiger partial charge in [-0.25, -0.2) is 0 Å². The summed E-state index contributed by atoms with van der Waals surface area (Å²) in [5.74, 6) is -0.326. The molecule has 0 fully saturated rings. The maximum atomic E-state index is 11.7. The molecule has 0 aliphatic heterocycles. The number of benzene rings is 1. The van der Waals surface area contributed by atoms with E-state index in [-0.39, 0.29) is 23.0 Å². The topological polar surface area (TPSA) is 66.4 Å². The smallest absolute Gasteiger partial charge is 0.255 e. The van der Waals surface area contributed by atoms with E-state index in [4.69, 9.17) is 11.6 Å². The highest BCUT2D eigenvalue weighted by Crippen LogP contribution is 2.21. The Morgan fingerprint density at radius 1 is 1.33 bits per heavy atom. The molecule has 0 aliphatic carbocycles. The summed E-state index contributed by atoms with van der Waals surface area (Å²) in [6.45, 7) is 2.03. The van der Waals surface area contributed by atoms with Crippen LogP contribution in [0.25, 0.3) is 0 Å². The number of rotatable bonds is 6. The molecule has 0 aliphatic rings. The van der Waals surface area contributed by atoms with Crippen LogP contribution in [0.5, 0.6) is 5.75 Å². The molecule has 1 amide bonds. The van der Waals surface area contributed by atoms with Crippen LogP contribution < -0.4 is 5.32 Å². The van der Waals surface area contributed by atoms with Crippen LogP contribution in [0, 0.1) is 0 Å². The number of carbonyl (C=O) groups is 2. The van der Waals surface area contributed by atoms with Crippen molar-refractivity contribution in [2.75, 3.05) is 6.54 Å². The number of hydrogen-bond donors (Lipinski definition) is 2. The molecule has 0 radical (unpaired) electrons. The first kappa shape index (κ1) is 14.5. The Balaban J connectivity index is 2.39. The van der Waals surface area contributed by atoms with E-state index >= 15 is 0 Å². The molecule has 0 unspecified atom stereocenters. The summed E-state index contributed by atoms with van der Waals surface area (Å²) in [6, 6.07) is 4.35. The van der Waals surface area contributed by atoms with Crippen molar-refractivity contribution in [3.63, 3.8) is 0 Å². The average Bonchev–Trinajstić information content (AvgIpc) is 2.27. The van der Waals surface area contributed by atoms with E-state index in [2.05, 4.69) is 5.32 Å². The monoisotopic (exact) mass is 269 g/mol. The lowest BCUT2D eigenvalue weighted by Crippen LogP contribution is -2.24. The Kier molecular flexibility index (Phi) is 5.65. The van der Waals surface area contributed by atoms with E-state index in [1.165, 1.54) is 12.1 Å². The van der Waals surface area contributed by atoms with Gasteiger partial charge in [-0.15, -0.1) is 0 Å². The van der Waals surface area contributed by atoms with E-state index in [0.717, 1.165) is 12.8 Å². The summed E-state index contributed by atoms with van der Waals surface area (Å²) < 4.78 is 0. The van der Waals surface area contributed by atoms with Crippen LogP contribution >= 0.6 is 11.6 Å². The molecule has 4 nitrogen and oxygen atoms in total. The van der Waals surface area contributed by atoms with Gasteiger partial charge in [-0.2, -0.15) is 0 Å². The summed E-state index contributed by atoms with van der Waals surface area (Å²) in [7, 11) is 0. The standard InChI is InChI=1S/C13H16ClNO3/c1-9(16)4-2-3-7-15-13(18)11-6-5-10(14)8-12(11)17/h5-6,8,17H,2-4,7H2,1H3,(H,15,18). The Bertz CT molecular complexity index is 446. The molecule has 0 bridgehead atoms. The molecule has 0 heterocycles. The number of halogens is 1. The SMILES string of the molecule is CC(=O)CCCCNC(=O)c1ccc(Cl)cc1O. The van der Waals surface area contributed by atoms with Crippen LogP contribution in [0.3, 0.4) is 0 Å². The van der Waals surface area contributed by atoms with Crippen LogP contribution in [0.1, 0.15) is 36.5 Å². The maximum Gasteiger partial charge on any atom is 0.255 e. The summed E-state index contributed by atoms with van der Waals surface area (Å²) in [5.41, 5.74) is 0.200. The fourth-order valence-corrected chi connectivity index (χ4v) is 1.66. The molecule has 0 aromatic heterocycles. The molecule has 1 rings (SSSR count). The Labute approximate surface area is 111 Å². The van der Waals surface area contributed by atoms with Gasteiger partial charge >= 0.3 is 0 Å². The zero-order valence-electron chi connectivity index (χ0n) is 10.2. The number of phenolic OH excluding ortho intramolecular Hbond substituents is 1. The van der Waals surface area contributed by atoms with Gasteiger partial charge in [0.25, 0.3) is 5.91 Å². The molecule has 18 heavy (non-hydrogen) atoms. The normalized spacial score (nSPS) is 10.1. The lowest BCUT2D eigenvalue weighted by Gasteiger charge is -2.06. The second-order valence-corrected chi connectivity index (χ2v) is 4.51. The highest BCUT2D eigenvalue weighted by atomic mass is 35.5. The second-order valence-electron chi connectivity index (χ2n) is 4.08. The van der Waals surface area contributed by atoms with Gasteiger partial charge in [0.2, 0.25) is 0 Å². The molecule has 0 atom stereocenters. The van der Waals surface area contributed by atoms with E-state index < -0.39 is 0 Å². The zero-order valence-corrected chi connectivity index (χ0v) is 11.0. The van der Waals surface area contributed by atoms with E-state index in [1.807, 2.05) is 0 Å². The molecule has 1 aromatic carbocycles. The third-order valence-corrected chi connectivity index (χ3v) is 2.68. The lowest BCUT2D eigenvalue weighted by atomic mass is 10.1. The van der Waals surface area contributed by atoms with Crippen molar-refractivity contribution in [1.82, 2.24) is 5.32 Å². The Hall–Kier alpha value is -1.55. The first-order chi connectivity index (χ1) is 8.50. The quantitative estimate of drug-likeness (QED) is 0.780. The fourth-order valence-electron chi connectivity index (χ4n) is 1.49. The Morgan fingerprint density at radius 3 is 2.67 bits per heavy atom. The predicted molar refractivity (Wildman–Crippen MR) is 70.0 cm³/mol. The van der Waals surface area contributed by atoms with Crippen molar-refractivity contribution in [3.05, 3.63) is 28.8 Å². The van der Waals surface area contributed by atoms with Crippen molar-refractivity contribution < 1.29 is 14.7 Å². The van der Waals surface area contributed by atoms with Crippen LogP contribution in [-0.4, -0.2) is 23.3 Å². The van der Waals surface area contributed by atoms with Gasteiger partial charge in [-0.1, -0.05) is 11.6 Å². The number of Topliss-reactive ketones (excluding diaryl/α,β-unsaturated/α-hetero) is 1. The molecule has 0 saturated carbocycles. The van der Waals surface area contributed by atoms with Gasteiger partial charge in [0.1, 0.15) is 11.5 Å². The summed E-state index contributed by atoms with van der Waals surface area (Å²) in [6.07, 6.45) is 2.02. The number of hydrogen-bond acceptors (Lipinski definition) is 3. The molecule has 0 spiro atoms. The minimum absolute atomic E-state index is 0.135. The second kappa shape index (κ2) is 7.01. The molecular weight excluding hydrogens is 254 g/mol. The van der Waals surface area contributed by atoms with Crippen LogP contribution in [0.4, 0.5) is 0 Å². The molecule has 1 aromatic rings. The lowest BCUT2D eigenvalue weighted by molar-refractivity contribution is -0.117. The zero-order chi connectivity index (χ0) is 13.5. The number of ketones is 1. The van der Waals surface area contributed by atoms with Gasteiger partial charge in [-0.05, 0) is 38.0 Å². The number of aromatic hydroxyl groups is 1. The third kappa shape index (κ3) is 4.75. The highest BCUT2D eigenvalue weighted by Gasteiger charge is 2.10. The first-order valence-electron chi connectivity index (χ1n) is 5.77. The van der Waals surface area contributed by atoms with Gasteiger partial charge in [0.05, 0.1) is 5.56 Å². The minimum atomic E-state index is -0.341. The van der Waals surface area contributed by atoms with Crippen LogP contribution in [0.2, 0.25) is 5.02 Å². The number of amides is 1. The first-order valence-corrected chi connectivity index (χ1v) is 6.14. The van der Waals surface area contributed by atoms with Crippen LogP contribution in [0.15, 0.2) is 18.2 Å². The Morgan fingerprint density at radius 2 is 2.06 bits per heavy atom. The predicted octanol–water partition coefficient (Wildman–Crippen LogP) is 2.53. The molecule has 2 N–H and O–H groups in total. The molecule has 5 heteroatoms. The maximum absolute atomic E-state index is 11.7. The molecular formula is C13H16ClNO3. The largest absolute Gasteiger partial charge is 0.507 e. The van der Waals surface area contributed by atoms with Crippen molar-refractivity contribution in [3.8, 4) is 5.75 Å². The number of phenols is 1. The summed E-state index contributed by atoms with van der Waals surface area (Å²) >= 11 is 5.67. The fraction of sp³-hybridized carbons (Fsp3) is 0.385. The summed E-state index contributed by atoms with van der Waals surface area (Å²) in [5, 5.41) is 12.6. The highest BCUT2D eigenvalue weighted by molar-refractivity contribution is 6.30. The number of unbranched alkanes of at least 4 members (excludes halogenated alkanes) is 1.